The van der Waals surface area contributed by atoms with E-state index in [-0.39, 0.29) is 10.5 Å². The maximum absolute atomic E-state index is 11.9. The van der Waals surface area contributed by atoms with Gasteiger partial charge in [-0.1, -0.05) is 36.4 Å². The molecule has 0 aromatic carbocycles. The molecule has 0 aliphatic heterocycles. The first-order chi connectivity index (χ1) is 7.60. The summed E-state index contributed by atoms with van der Waals surface area (Å²) in [5.74, 6) is -1.18. The molecule has 0 radical (unpaired) electrons. The van der Waals surface area contributed by atoms with Gasteiger partial charge >= 0.3 is 12.1 Å². The predicted octanol–water partition coefficient (Wildman–Crippen LogP) is 2.73. The lowest BCUT2D eigenvalue weighted by molar-refractivity contribution is -0.144. The number of alkyl halides is 1. The minimum Gasteiger partial charge on any atom is -0.480 e. The van der Waals surface area contributed by atoms with Gasteiger partial charge in [0.1, 0.15) is 11.6 Å². The van der Waals surface area contributed by atoms with Crippen molar-refractivity contribution in [1.82, 2.24) is 4.90 Å². The molecule has 1 atom stereocenters. The van der Waals surface area contributed by atoms with Crippen molar-refractivity contribution in [3.05, 3.63) is 0 Å². The highest BCUT2D eigenvalue weighted by molar-refractivity contribution is 14.1. The third-order valence-electron chi connectivity index (χ3n) is 1.98. The zero-order chi connectivity index (χ0) is 13.8. The van der Waals surface area contributed by atoms with Gasteiger partial charge in [-0.05, 0) is 26.7 Å². The van der Waals surface area contributed by atoms with Crippen molar-refractivity contribution in [2.75, 3.05) is 4.55 Å². The van der Waals surface area contributed by atoms with Crippen molar-refractivity contribution in [1.29, 1.82) is 0 Å². The minimum absolute atomic E-state index is 0.171. The first-order valence-corrected chi connectivity index (χ1v) is 6.91. The standard InChI is InChI=1S/C11H20INO4/c1-7(2)8(9(14)15)13(6-12)10(16)17-11(3,4)5/h7-8H,6H2,1-5H3,(H,14,15)/t8-/m0/s1. The molecule has 0 aromatic rings. The third kappa shape index (κ3) is 5.56. The summed E-state index contributed by atoms with van der Waals surface area (Å²) in [6.45, 7) is 8.79. The molecule has 1 amide bonds. The summed E-state index contributed by atoms with van der Waals surface area (Å²) in [6.07, 6.45) is -0.590. The highest BCUT2D eigenvalue weighted by atomic mass is 127. The molecule has 0 spiro atoms. The third-order valence-corrected chi connectivity index (χ3v) is 2.71. The maximum atomic E-state index is 11.9. The van der Waals surface area contributed by atoms with Gasteiger partial charge in [-0.2, -0.15) is 0 Å². The average molecular weight is 357 g/mol. The summed E-state index contributed by atoms with van der Waals surface area (Å²) in [7, 11) is 0. The summed E-state index contributed by atoms with van der Waals surface area (Å²) in [5.41, 5.74) is -0.624. The Bertz CT molecular complexity index is 286. The van der Waals surface area contributed by atoms with E-state index in [1.165, 1.54) is 4.90 Å². The number of rotatable bonds is 4. The highest BCUT2D eigenvalue weighted by Crippen LogP contribution is 2.17. The van der Waals surface area contributed by atoms with Crippen LogP contribution in [0, 0.1) is 5.92 Å². The number of carbonyl (C=O) groups excluding carboxylic acids is 1. The Balaban J connectivity index is 4.92. The van der Waals surface area contributed by atoms with Crippen LogP contribution in [0.15, 0.2) is 0 Å². The topological polar surface area (TPSA) is 66.8 Å². The summed E-state index contributed by atoms with van der Waals surface area (Å²) >= 11 is 1.96. The molecule has 0 bridgehead atoms. The smallest absolute Gasteiger partial charge is 0.411 e. The average Bonchev–Trinajstić information content (AvgIpc) is 2.08. The molecule has 0 unspecified atom stereocenters. The Hall–Kier alpha value is -0.530. The van der Waals surface area contributed by atoms with Gasteiger partial charge in [0.25, 0.3) is 0 Å². The van der Waals surface area contributed by atoms with E-state index in [1.54, 1.807) is 34.6 Å². The highest BCUT2D eigenvalue weighted by Gasteiger charge is 2.34. The zero-order valence-corrected chi connectivity index (χ0v) is 13.0. The lowest BCUT2D eigenvalue weighted by atomic mass is 10.0. The van der Waals surface area contributed by atoms with E-state index in [0.717, 1.165) is 0 Å². The molecule has 0 aliphatic rings. The predicted molar refractivity (Wildman–Crippen MR) is 73.2 cm³/mol. The first kappa shape index (κ1) is 16.5. The van der Waals surface area contributed by atoms with E-state index in [2.05, 4.69) is 0 Å². The van der Waals surface area contributed by atoms with E-state index in [9.17, 15) is 9.59 Å². The Morgan fingerprint density at radius 2 is 1.82 bits per heavy atom. The van der Waals surface area contributed by atoms with Crippen LogP contribution >= 0.6 is 22.6 Å². The van der Waals surface area contributed by atoms with E-state index in [4.69, 9.17) is 9.84 Å². The van der Waals surface area contributed by atoms with Crippen LogP contribution in [0.2, 0.25) is 0 Å². The monoisotopic (exact) mass is 357 g/mol. The van der Waals surface area contributed by atoms with Crippen LogP contribution in [0.1, 0.15) is 34.6 Å². The fourth-order valence-electron chi connectivity index (χ4n) is 1.34. The fourth-order valence-corrected chi connectivity index (χ4v) is 2.04. The maximum Gasteiger partial charge on any atom is 0.411 e. The number of amides is 1. The Kier molecular flexibility index (Phi) is 6.22. The van der Waals surface area contributed by atoms with Crippen LogP contribution in [-0.2, 0) is 9.53 Å². The normalized spacial score (nSPS) is 13.4. The van der Waals surface area contributed by atoms with E-state index in [1.807, 2.05) is 22.6 Å². The Labute approximate surface area is 116 Å². The fraction of sp³-hybridized carbons (Fsp3) is 0.818. The molecule has 6 heteroatoms. The van der Waals surface area contributed by atoms with Crippen molar-refractivity contribution < 1.29 is 19.4 Å². The van der Waals surface area contributed by atoms with Crippen LogP contribution < -0.4 is 0 Å². The summed E-state index contributed by atoms with van der Waals surface area (Å²) < 4.78 is 5.47. The zero-order valence-electron chi connectivity index (χ0n) is 10.9. The molecule has 100 valence electrons. The van der Waals surface area contributed by atoms with Gasteiger partial charge in [-0.15, -0.1) is 0 Å². The lowest BCUT2D eigenvalue weighted by Gasteiger charge is -2.31. The molecule has 17 heavy (non-hydrogen) atoms. The SMILES string of the molecule is CC(C)[C@@H](C(=O)O)N(CI)C(=O)OC(C)(C)C. The van der Waals surface area contributed by atoms with Gasteiger partial charge in [-0.3, -0.25) is 4.90 Å². The molecular formula is C11H20INO4. The summed E-state index contributed by atoms with van der Waals surface area (Å²) in [6, 6.07) is -0.859. The quantitative estimate of drug-likeness (QED) is 0.477. The summed E-state index contributed by atoms with van der Waals surface area (Å²) in [4.78, 5) is 24.3. The summed E-state index contributed by atoms with van der Waals surface area (Å²) in [5, 5.41) is 9.14. The largest absolute Gasteiger partial charge is 0.480 e. The Morgan fingerprint density at radius 1 is 1.35 bits per heavy atom. The second-order valence-electron chi connectivity index (χ2n) is 5.10. The Morgan fingerprint density at radius 3 is 2.06 bits per heavy atom. The number of nitrogens with zero attached hydrogens (tertiary/aromatic N) is 1. The van der Waals surface area contributed by atoms with Gasteiger partial charge < -0.3 is 9.84 Å². The van der Waals surface area contributed by atoms with E-state index in [0.29, 0.717) is 0 Å². The van der Waals surface area contributed by atoms with Crippen molar-refractivity contribution in [3.8, 4) is 0 Å². The van der Waals surface area contributed by atoms with Gasteiger partial charge in [0.05, 0.1) is 4.55 Å². The van der Waals surface area contributed by atoms with Crippen LogP contribution in [-0.4, -0.2) is 38.3 Å². The van der Waals surface area contributed by atoms with Gasteiger partial charge in [0.15, 0.2) is 0 Å². The minimum atomic E-state index is -1.01. The number of ether oxygens (including phenoxy) is 1. The van der Waals surface area contributed by atoms with Crippen molar-refractivity contribution in [2.45, 2.75) is 46.3 Å². The van der Waals surface area contributed by atoms with Crippen LogP contribution in [0.25, 0.3) is 0 Å². The van der Waals surface area contributed by atoms with Crippen LogP contribution in [0.4, 0.5) is 4.79 Å². The number of carboxylic acids is 1. The van der Waals surface area contributed by atoms with Crippen molar-refractivity contribution in [2.24, 2.45) is 5.92 Å². The van der Waals surface area contributed by atoms with Gasteiger partial charge in [0.2, 0.25) is 0 Å². The molecule has 0 heterocycles. The number of hydrogen-bond donors (Lipinski definition) is 1. The number of carboxylic acid groups (broad SMARTS) is 1. The second-order valence-corrected chi connectivity index (χ2v) is 5.78. The number of hydrogen-bond acceptors (Lipinski definition) is 3. The van der Waals surface area contributed by atoms with Gasteiger partial charge in [-0.25, -0.2) is 9.59 Å². The molecular weight excluding hydrogens is 337 g/mol. The van der Waals surface area contributed by atoms with E-state index >= 15 is 0 Å². The van der Waals surface area contributed by atoms with Crippen molar-refractivity contribution in [3.63, 3.8) is 0 Å². The first-order valence-electron chi connectivity index (χ1n) is 5.38. The van der Waals surface area contributed by atoms with Crippen LogP contribution in [0.5, 0.6) is 0 Å². The van der Waals surface area contributed by atoms with Crippen molar-refractivity contribution >= 4 is 34.7 Å². The molecule has 0 fully saturated rings. The molecule has 0 rings (SSSR count). The molecule has 0 aromatic heterocycles. The molecule has 0 saturated carbocycles. The van der Waals surface area contributed by atoms with E-state index < -0.39 is 23.7 Å². The number of halogens is 1. The molecule has 1 N–H and O–H groups in total. The molecule has 0 aliphatic carbocycles. The number of aliphatic carboxylic acids is 1. The number of carbonyl (C=O) groups is 2. The van der Waals surface area contributed by atoms with Crippen LogP contribution in [0.3, 0.4) is 0 Å². The molecule has 5 nitrogen and oxygen atoms in total. The second kappa shape index (κ2) is 6.42. The van der Waals surface area contributed by atoms with Gasteiger partial charge in [0, 0.05) is 0 Å². The molecule has 0 saturated heterocycles. The lowest BCUT2D eigenvalue weighted by Crippen LogP contribution is -2.49.